The van der Waals surface area contributed by atoms with Gasteiger partial charge >= 0.3 is 0 Å². The molecule has 1 aliphatic carbocycles. The fourth-order valence-electron chi connectivity index (χ4n) is 4.77. The zero-order chi connectivity index (χ0) is 22.8. The Morgan fingerprint density at radius 1 is 0.909 bits per heavy atom. The van der Waals surface area contributed by atoms with Crippen LogP contribution in [0, 0.1) is 0 Å². The van der Waals surface area contributed by atoms with Gasteiger partial charge < -0.3 is 19.3 Å². The summed E-state index contributed by atoms with van der Waals surface area (Å²) in [6.45, 7) is 3.51. The SMILES string of the molecule is COc1ccc(C2CC(=O)c3cnc(N4CCN(c5ccccc5)CC4)nc3C2)c(OC)c1. The van der Waals surface area contributed by atoms with Crippen LogP contribution in [0.25, 0.3) is 0 Å². The van der Waals surface area contributed by atoms with Crippen molar-refractivity contribution in [2.24, 2.45) is 0 Å². The first kappa shape index (κ1) is 21.2. The normalized spacial score (nSPS) is 18.1. The summed E-state index contributed by atoms with van der Waals surface area (Å²) in [4.78, 5) is 26.9. The number of aromatic nitrogens is 2. The largest absolute Gasteiger partial charge is 0.497 e. The van der Waals surface area contributed by atoms with Crippen LogP contribution in [0.1, 0.15) is 34.0 Å². The van der Waals surface area contributed by atoms with Gasteiger partial charge in [0.15, 0.2) is 5.78 Å². The van der Waals surface area contributed by atoms with E-state index in [-0.39, 0.29) is 11.7 Å². The number of carbonyl (C=O) groups excluding carboxylic acids is 1. The Hall–Kier alpha value is -3.61. The maximum absolute atomic E-state index is 12.9. The highest BCUT2D eigenvalue weighted by molar-refractivity contribution is 5.98. The van der Waals surface area contributed by atoms with Crippen molar-refractivity contribution >= 4 is 17.4 Å². The van der Waals surface area contributed by atoms with E-state index in [1.165, 1.54) is 5.69 Å². The van der Waals surface area contributed by atoms with Crippen LogP contribution in [0.2, 0.25) is 0 Å². The van der Waals surface area contributed by atoms with Crippen LogP contribution in [0.4, 0.5) is 11.6 Å². The van der Waals surface area contributed by atoms with Gasteiger partial charge in [0.25, 0.3) is 0 Å². The van der Waals surface area contributed by atoms with Crippen molar-refractivity contribution < 1.29 is 14.3 Å². The molecule has 1 unspecified atom stereocenters. The number of para-hydroxylation sites is 1. The Morgan fingerprint density at radius 2 is 1.67 bits per heavy atom. The summed E-state index contributed by atoms with van der Waals surface area (Å²) in [5.74, 6) is 2.28. The number of carbonyl (C=O) groups is 1. The van der Waals surface area contributed by atoms with E-state index in [0.717, 1.165) is 48.9 Å². The van der Waals surface area contributed by atoms with Crippen molar-refractivity contribution in [1.29, 1.82) is 0 Å². The first-order valence-electron chi connectivity index (χ1n) is 11.3. The van der Waals surface area contributed by atoms with E-state index >= 15 is 0 Å². The Bertz CT molecular complexity index is 1140. The number of Topliss-reactive ketones (excluding diaryl/α,β-unsaturated/α-hetero) is 1. The lowest BCUT2D eigenvalue weighted by Gasteiger charge is -2.36. The second kappa shape index (κ2) is 9.10. The summed E-state index contributed by atoms with van der Waals surface area (Å²) in [5.41, 5.74) is 3.72. The minimum atomic E-state index is 0.0172. The number of nitrogens with zero attached hydrogens (tertiary/aromatic N) is 4. The van der Waals surface area contributed by atoms with Gasteiger partial charge in [0.05, 0.1) is 25.5 Å². The molecule has 2 heterocycles. The average molecular weight is 445 g/mol. The van der Waals surface area contributed by atoms with Crippen LogP contribution in [-0.4, -0.2) is 56.1 Å². The number of hydrogen-bond acceptors (Lipinski definition) is 7. The number of anilines is 2. The van der Waals surface area contributed by atoms with Gasteiger partial charge in [-0.15, -0.1) is 0 Å². The minimum Gasteiger partial charge on any atom is -0.497 e. The van der Waals surface area contributed by atoms with Crippen LogP contribution >= 0.6 is 0 Å². The van der Waals surface area contributed by atoms with Crippen LogP contribution < -0.4 is 19.3 Å². The second-order valence-electron chi connectivity index (χ2n) is 8.48. The molecule has 3 aromatic rings. The fraction of sp³-hybridized carbons (Fsp3) is 0.346. The highest BCUT2D eigenvalue weighted by atomic mass is 16.5. The van der Waals surface area contributed by atoms with Crippen LogP contribution in [0.5, 0.6) is 11.5 Å². The zero-order valence-corrected chi connectivity index (χ0v) is 19.0. The van der Waals surface area contributed by atoms with Gasteiger partial charge in [0.1, 0.15) is 11.5 Å². The fourth-order valence-corrected chi connectivity index (χ4v) is 4.77. The third-order valence-electron chi connectivity index (χ3n) is 6.59. The molecule has 2 aromatic carbocycles. The number of fused-ring (bicyclic) bond motifs is 1. The van der Waals surface area contributed by atoms with Crippen molar-refractivity contribution in [1.82, 2.24) is 9.97 Å². The van der Waals surface area contributed by atoms with Crippen molar-refractivity contribution in [2.45, 2.75) is 18.8 Å². The molecule has 1 aliphatic heterocycles. The summed E-state index contributed by atoms with van der Waals surface area (Å²) in [6.07, 6.45) is 2.82. The molecule has 0 bridgehead atoms. The summed E-state index contributed by atoms with van der Waals surface area (Å²) in [6, 6.07) is 16.2. The molecule has 0 spiro atoms. The van der Waals surface area contributed by atoms with Crippen molar-refractivity contribution in [3.63, 3.8) is 0 Å². The molecule has 170 valence electrons. The van der Waals surface area contributed by atoms with Gasteiger partial charge in [-0.1, -0.05) is 24.3 Å². The van der Waals surface area contributed by atoms with Crippen LogP contribution in [-0.2, 0) is 6.42 Å². The first-order valence-corrected chi connectivity index (χ1v) is 11.3. The van der Waals surface area contributed by atoms with Gasteiger partial charge in [-0.3, -0.25) is 4.79 Å². The number of hydrogen-bond donors (Lipinski definition) is 0. The summed E-state index contributed by atoms with van der Waals surface area (Å²) in [7, 11) is 3.28. The highest BCUT2D eigenvalue weighted by Crippen LogP contribution is 2.38. The number of rotatable bonds is 5. The molecule has 33 heavy (non-hydrogen) atoms. The van der Waals surface area contributed by atoms with E-state index in [0.29, 0.717) is 24.4 Å². The molecule has 2 aliphatic rings. The minimum absolute atomic E-state index is 0.0172. The van der Waals surface area contributed by atoms with Gasteiger partial charge in [-0.05, 0) is 30.2 Å². The lowest BCUT2D eigenvalue weighted by atomic mass is 9.82. The van der Waals surface area contributed by atoms with Crippen molar-refractivity contribution in [2.75, 3.05) is 50.2 Å². The maximum Gasteiger partial charge on any atom is 0.225 e. The predicted octanol–water partition coefficient (Wildman–Crippen LogP) is 3.73. The van der Waals surface area contributed by atoms with Gasteiger partial charge in [-0.2, -0.15) is 0 Å². The molecule has 5 rings (SSSR count). The van der Waals surface area contributed by atoms with Crippen LogP contribution in [0.3, 0.4) is 0 Å². The van der Waals surface area contributed by atoms with E-state index in [2.05, 4.69) is 39.0 Å². The first-order chi connectivity index (χ1) is 16.2. The molecular formula is C26H28N4O3. The molecule has 1 aromatic heterocycles. The summed E-state index contributed by atoms with van der Waals surface area (Å²) in [5, 5.41) is 0. The Kier molecular flexibility index (Phi) is 5.86. The molecule has 1 fully saturated rings. The third kappa shape index (κ3) is 4.23. The van der Waals surface area contributed by atoms with E-state index in [4.69, 9.17) is 14.5 Å². The van der Waals surface area contributed by atoms with Gasteiger partial charge in [-0.25, -0.2) is 9.97 Å². The van der Waals surface area contributed by atoms with Crippen LogP contribution in [0.15, 0.2) is 54.7 Å². The second-order valence-corrected chi connectivity index (χ2v) is 8.48. The number of ketones is 1. The number of benzene rings is 2. The lowest BCUT2D eigenvalue weighted by Crippen LogP contribution is -2.47. The van der Waals surface area contributed by atoms with E-state index in [1.807, 2.05) is 24.3 Å². The summed E-state index contributed by atoms with van der Waals surface area (Å²) < 4.78 is 10.9. The monoisotopic (exact) mass is 444 g/mol. The molecular weight excluding hydrogens is 416 g/mol. The van der Waals surface area contributed by atoms with Gasteiger partial charge in [0, 0.05) is 56.5 Å². The molecule has 0 saturated carbocycles. The molecule has 7 heteroatoms. The number of ether oxygens (including phenoxy) is 2. The topological polar surface area (TPSA) is 67.8 Å². The van der Waals surface area contributed by atoms with Crippen molar-refractivity contribution in [3.8, 4) is 11.5 Å². The quantitative estimate of drug-likeness (QED) is 0.594. The van der Waals surface area contributed by atoms with Crippen molar-refractivity contribution in [3.05, 3.63) is 71.5 Å². The predicted molar refractivity (Wildman–Crippen MR) is 128 cm³/mol. The third-order valence-corrected chi connectivity index (χ3v) is 6.59. The number of piperazine rings is 1. The molecule has 0 amide bonds. The standard InChI is InChI=1S/C26H28N4O3/c1-32-20-8-9-21(25(16-20)33-2)18-14-23-22(24(31)15-18)17-27-26(28-23)30-12-10-29(11-13-30)19-6-4-3-5-7-19/h3-9,16-18H,10-15H2,1-2H3. The molecule has 0 radical (unpaired) electrons. The van der Waals surface area contributed by atoms with E-state index in [9.17, 15) is 4.79 Å². The van der Waals surface area contributed by atoms with E-state index in [1.54, 1.807) is 20.4 Å². The maximum atomic E-state index is 12.9. The average Bonchev–Trinajstić information content (AvgIpc) is 2.88. The zero-order valence-electron chi connectivity index (χ0n) is 19.0. The lowest BCUT2D eigenvalue weighted by molar-refractivity contribution is 0.0962. The summed E-state index contributed by atoms with van der Waals surface area (Å²) >= 11 is 0. The molecule has 1 saturated heterocycles. The smallest absolute Gasteiger partial charge is 0.225 e. The van der Waals surface area contributed by atoms with Gasteiger partial charge in [0.2, 0.25) is 5.95 Å². The Morgan fingerprint density at radius 3 is 2.39 bits per heavy atom. The number of methoxy groups -OCH3 is 2. The molecule has 7 nitrogen and oxygen atoms in total. The molecule has 1 atom stereocenters. The molecule has 0 N–H and O–H groups in total. The Labute approximate surface area is 194 Å². The Balaban J connectivity index is 1.34. The van der Waals surface area contributed by atoms with E-state index < -0.39 is 0 Å². The highest BCUT2D eigenvalue weighted by Gasteiger charge is 2.31.